The Hall–Kier alpha value is -4.29. The Balaban J connectivity index is 1.77. The molecule has 4 aromatic rings. The number of aryl methyl sites for hydroxylation is 1. The number of hydrogen-bond acceptors (Lipinski definition) is 7. The molecular weight excluding hydrogens is 449 g/mol. The summed E-state index contributed by atoms with van der Waals surface area (Å²) in [6, 6.07) is 12.8. The normalized spacial score (nSPS) is 15.2. The third-order valence-electron chi connectivity index (χ3n) is 5.97. The highest BCUT2D eigenvalue weighted by atomic mass is 19.1. The number of rotatable bonds is 5. The SMILES string of the molecule is COc1ccc(-n2c(C3CCCN3)nc3c(Oc4ccc(C)nc4)cc(C#N)cc3c2=O)cc1F. The van der Waals surface area contributed by atoms with Crippen LogP contribution in [0, 0.1) is 24.1 Å². The molecule has 1 N–H and O–H groups in total. The zero-order valence-corrected chi connectivity index (χ0v) is 19.2. The van der Waals surface area contributed by atoms with E-state index in [2.05, 4.69) is 16.4 Å². The molecule has 1 aliphatic rings. The highest BCUT2D eigenvalue weighted by Crippen LogP contribution is 2.32. The highest BCUT2D eigenvalue weighted by Gasteiger charge is 2.26. The molecule has 1 unspecified atom stereocenters. The van der Waals surface area contributed by atoms with Gasteiger partial charge in [0.1, 0.15) is 17.1 Å². The minimum Gasteiger partial charge on any atom is -0.494 e. The van der Waals surface area contributed by atoms with Crippen LogP contribution in [0.5, 0.6) is 17.2 Å². The molecule has 5 rings (SSSR count). The van der Waals surface area contributed by atoms with Crippen molar-refractivity contribution in [2.24, 2.45) is 0 Å². The van der Waals surface area contributed by atoms with Crippen molar-refractivity contribution >= 4 is 10.9 Å². The number of fused-ring (bicyclic) bond motifs is 1. The van der Waals surface area contributed by atoms with Gasteiger partial charge in [-0.15, -0.1) is 0 Å². The van der Waals surface area contributed by atoms with Gasteiger partial charge in [0.15, 0.2) is 17.3 Å². The first-order chi connectivity index (χ1) is 17.0. The summed E-state index contributed by atoms with van der Waals surface area (Å²) in [6.45, 7) is 2.64. The zero-order chi connectivity index (χ0) is 24.5. The number of nitrogens with one attached hydrogen (secondary N) is 1. The lowest BCUT2D eigenvalue weighted by Gasteiger charge is -2.19. The maximum absolute atomic E-state index is 14.6. The van der Waals surface area contributed by atoms with Gasteiger partial charge in [-0.3, -0.25) is 14.3 Å². The molecular formula is C26H22FN5O3. The van der Waals surface area contributed by atoms with Gasteiger partial charge in [-0.05, 0) is 56.6 Å². The number of halogens is 1. The van der Waals surface area contributed by atoms with Gasteiger partial charge < -0.3 is 14.8 Å². The average Bonchev–Trinajstić information content (AvgIpc) is 3.40. The molecule has 8 nitrogen and oxygen atoms in total. The fourth-order valence-electron chi connectivity index (χ4n) is 4.24. The Morgan fingerprint density at radius 3 is 2.71 bits per heavy atom. The van der Waals surface area contributed by atoms with Gasteiger partial charge in [-0.1, -0.05) is 0 Å². The molecule has 3 heterocycles. The van der Waals surface area contributed by atoms with Crippen LogP contribution in [-0.4, -0.2) is 28.2 Å². The van der Waals surface area contributed by atoms with Crippen molar-refractivity contribution in [3.05, 3.63) is 81.9 Å². The van der Waals surface area contributed by atoms with Crippen molar-refractivity contribution in [3.8, 4) is 29.0 Å². The van der Waals surface area contributed by atoms with Gasteiger partial charge in [0, 0.05) is 17.8 Å². The lowest BCUT2D eigenvalue weighted by atomic mass is 10.1. The summed E-state index contributed by atoms with van der Waals surface area (Å²) in [5, 5.41) is 13.2. The molecule has 176 valence electrons. The van der Waals surface area contributed by atoms with E-state index in [1.807, 2.05) is 6.92 Å². The minimum atomic E-state index is -0.594. The second-order valence-electron chi connectivity index (χ2n) is 8.30. The summed E-state index contributed by atoms with van der Waals surface area (Å²) in [5.41, 5.74) is 1.29. The molecule has 2 aromatic heterocycles. The van der Waals surface area contributed by atoms with Crippen molar-refractivity contribution < 1.29 is 13.9 Å². The minimum absolute atomic E-state index is 0.0743. The Morgan fingerprint density at radius 1 is 1.20 bits per heavy atom. The van der Waals surface area contributed by atoms with E-state index in [4.69, 9.17) is 14.5 Å². The van der Waals surface area contributed by atoms with Gasteiger partial charge in [-0.25, -0.2) is 9.37 Å². The molecule has 2 aromatic carbocycles. The largest absolute Gasteiger partial charge is 0.494 e. The van der Waals surface area contributed by atoms with Crippen molar-refractivity contribution in [1.82, 2.24) is 19.9 Å². The van der Waals surface area contributed by atoms with Crippen LogP contribution in [-0.2, 0) is 0 Å². The van der Waals surface area contributed by atoms with Crippen molar-refractivity contribution in [2.45, 2.75) is 25.8 Å². The van der Waals surface area contributed by atoms with Crippen LogP contribution in [0.15, 0.2) is 53.5 Å². The quantitative estimate of drug-likeness (QED) is 0.462. The van der Waals surface area contributed by atoms with E-state index >= 15 is 0 Å². The lowest BCUT2D eigenvalue weighted by Crippen LogP contribution is -2.29. The summed E-state index contributed by atoms with van der Waals surface area (Å²) < 4.78 is 27.1. The fraction of sp³-hybridized carbons (Fsp3) is 0.231. The average molecular weight is 471 g/mol. The molecule has 0 spiro atoms. The van der Waals surface area contributed by atoms with Crippen molar-refractivity contribution in [1.29, 1.82) is 5.26 Å². The van der Waals surface area contributed by atoms with Gasteiger partial charge in [-0.2, -0.15) is 5.26 Å². The topological polar surface area (TPSA) is 102 Å². The Morgan fingerprint density at radius 2 is 2.06 bits per heavy atom. The Bertz CT molecular complexity index is 1520. The van der Waals surface area contributed by atoms with E-state index in [1.165, 1.54) is 29.9 Å². The predicted octanol–water partition coefficient (Wildman–Crippen LogP) is 4.33. The van der Waals surface area contributed by atoms with Gasteiger partial charge in [0.05, 0.1) is 42.1 Å². The number of nitriles is 1. The number of pyridine rings is 1. The summed E-state index contributed by atoms with van der Waals surface area (Å²) in [5.74, 6) is 0.653. The Labute approximate surface area is 200 Å². The van der Waals surface area contributed by atoms with Crippen LogP contribution < -0.4 is 20.3 Å². The number of ether oxygens (including phenoxy) is 2. The third-order valence-corrected chi connectivity index (χ3v) is 5.97. The van der Waals surface area contributed by atoms with Crippen LogP contribution in [0.4, 0.5) is 4.39 Å². The molecule has 0 amide bonds. The number of nitrogens with zero attached hydrogens (tertiary/aromatic N) is 4. The molecule has 1 fully saturated rings. The smallest absolute Gasteiger partial charge is 0.266 e. The van der Waals surface area contributed by atoms with E-state index in [0.29, 0.717) is 22.8 Å². The van der Waals surface area contributed by atoms with E-state index < -0.39 is 11.4 Å². The van der Waals surface area contributed by atoms with Crippen molar-refractivity contribution in [2.75, 3.05) is 13.7 Å². The van der Waals surface area contributed by atoms with Crippen LogP contribution in [0.25, 0.3) is 16.6 Å². The van der Waals surface area contributed by atoms with Crippen LogP contribution in [0.2, 0.25) is 0 Å². The monoisotopic (exact) mass is 471 g/mol. The van der Waals surface area contributed by atoms with E-state index in [-0.39, 0.29) is 28.5 Å². The third kappa shape index (κ3) is 4.20. The molecule has 0 bridgehead atoms. The number of benzene rings is 2. The first-order valence-corrected chi connectivity index (χ1v) is 11.2. The number of methoxy groups -OCH3 is 1. The molecule has 0 aliphatic carbocycles. The van der Waals surface area contributed by atoms with Gasteiger partial charge in [0.25, 0.3) is 5.56 Å². The standard InChI is InChI=1S/C26H22FN5O3/c1-15-5-7-18(14-30-15)35-23-11-16(13-28)10-19-24(23)31-25(21-4-3-9-29-21)32(26(19)33)17-6-8-22(34-2)20(27)12-17/h5-8,10-12,14,21,29H,3-4,9H2,1-2H3. The van der Waals surface area contributed by atoms with Crippen LogP contribution >= 0.6 is 0 Å². The summed E-state index contributed by atoms with van der Waals surface area (Å²) in [6.07, 6.45) is 3.26. The fourth-order valence-corrected chi connectivity index (χ4v) is 4.24. The summed E-state index contributed by atoms with van der Waals surface area (Å²) in [4.78, 5) is 22.9. The van der Waals surface area contributed by atoms with E-state index in [0.717, 1.165) is 25.1 Å². The number of hydrogen-bond donors (Lipinski definition) is 1. The molecule has 9 heteroatoms. The van der Waals surface area contributed by atoms with Crippen LogP contribution in [0.3, 0.4) is 0 Å². The summed E-state index contributed by atoms with van der Waals surface area (Å²) >= 11 is 0. The predicted molar refractivity (Wildman–Crippen MR) is 128 cm³/mol. The Kier molecular flexibility index (Phi) is 5.89. The van der Waals surface area contributed by atoms with E-state index in [9.17, 15) is 14.4 Å². The first kappa shape index (κ1) is 22.5. The second-order valence-corrected chi connectivity index (χ2v) is 8.30. The number of aromatic nitrogens is 3. The van der Waals surface area contributed by atoms with E-state index in [1.54, 1.807) is 30.5 Å². The lowest BCUT2D eigenvalue weighted by molar-refractivity contribution is 0.386. The maximum atomic E-state index is 14.6. The second kappa shape index (κ2) is 9.16. The molecule has 1 aliphatic heterocycles. The molecule has 1 saturated heterocycles. The maximum Gasteiger partial charge on any atom is 0.266 e. The zero-order valence-electron chi connectivity index (χ0n) is 19.2. The molecule has 0 radical (unpaired) electrons. The van der Waals surface area contributed by atoms with Crippen LogP contribution in [0.1, 0.15) is 36.0 Å². The summed E-state index contributed by atoms with van der Waals surface area (Å²) in [7, 11) is 1.38. The highest BCUT2D eigenvalue weighted by molar-refractivity contribution is 5.86. The molecule has 1 atom stereocenters. The first-order valence-electron chi connectivity index (χ1n) is 11.2. The molecule has 35 heavy (non-hydrogen) atoms. The van der Waals surface area contributed by atoms with Gasteiger partial charge >= 0.3 is 0 Å². The molecule has 0 saturated carbocycles. The van der Waals surface area contributed by atoms with Gasteiger partial charge in [0.2, 0.25) is 0 Å². The van der Waals surface area contributed by atoms with Crippen molar-refractivity contribution in [3.63, 3.8) is 0 Å².